The summed E-state index contributed by atoms with van der Waals surface area (Å²) in [5.74, 6) is -0.153. The first-order valence-electron chi connectivity index (χ1n) is 5.21. The maximum atomic E-state index is 10.9. The Morgan fingerprint density at radius 3 is 2.62 bits per heavy atom. The van der Waals surface area contributed by atoms with Crippen molar-refractivity contribution in [2.45, 2.75) is 17.7 Å². The van der Waals surface area contributed by atoms with Gasteiger partial charge in [-0.05, 0) is 36.9 Å². The van der Waals surface area contributed by atoms with Crippen LogP contribution in [0.25, 0.3) is 0 Å². The summed E-state index contributed by atoms with van der Waals surface area (Å²) in [6.45, 7) is 0.785. The monoisotopic (exact) mass is 239 g/mol. The van der Waals surface area contributed by atoms with Gasteiger partial charge in [0.05, 0.1) is 7.11 Å². The molecular formula is C12H17NO2S. The van der Waals surface area contributed by atoms with E-state index in [0.717, 1.165) is 18.7 Å². The lowest BCUT2D eigenvalue weighted by Gasteiger charge is -2.06. The number of carbonyl (C=O) groups excluding carboxylic acids is 1. The van der Waals surface area contributed by atoms with E-state index in [1.807, 2.05) is 12.1 Å². The van der Waals surface area contributed by atoms with Gasteiger partial charge in [-0.15, -0.1) is 11.8 Å². The molecule has 0 saturated heterocycles. The van der Waals surface area contributed by atoms with E-state index in [1.165, 1.54) is 12.0 Å². The molecular weight excluding hydrogens is 222 g/mol. The zero-order valence-electron chi connectivity index (χ0n) is 9.66. The van der Waals surface area contributed by atoms with Gasteiger partial charge in [-0.3, -0.25) is 4.79 Å². The highest BCUT2D eigenvalue weighted by molar-refractivity contribution is 7.98. The van der Waals surface area contributed by atoms with Crippen molar-refractivity contribution < 1.29 is 9.53 Å². The Morgan fingerprint density at radius 2 is 2.06 bits per heavy atom. The minimum atomic E-state index is -0.153. The smallest absolute Gasteiger partial charge is 0.305 e. The van der Waals surface area contributed by atoms with Crippen LogP contribution in [-0.4, -0.2) is 25.9 Å². The Morgan fingerprint density at radius 1 is 1.38 bits per heavy atom. The van der Waals surface area contributed by atoms with Gasteiger partial charge in [0.2, 0.25) is 0 Å². The molecule has 88 valence electrons. The minimum absolute atomic E-state index is 0.153. The van der Waals surface area contributed by atoms with Crippen LogP contribution in [0.2, 0.25) is 0 Å². The molecule has 4 heteroatoms. The van der Waals surface area contributed by atoms with Crippen LogP contribution in [0.1, 0.15) is 12.8 Å². The van der Waals surface area contributed by atoms with Gasteiger partial charge in [0.15, 0.2) is 0 Å². The highest BCUT2D eigenvalue weighted by Crippen LogP contribution is 2.17. The number of hydrogen-bond acceptors (Lipinski definition) is 4. The second kappa shape index (κ2) is 7.17. The molecule has 1 rings (SSSR count). The normalized spacial score (nSPS) is 9.88. The van der Waals surface area contributed by atoms with E-state index < -0.39 is 0 Å². The summed E-state index contributed by atoms with van der Waals surface area (Å²) in [4.78, 5) is 12.1. The van der Waals surface area contributed by atoms with Crippen molar-refractivity contribution in [3.8, 4) is 0 Å². The third kappa shape index (κ3) is 4.57. The van der Waals surface area contributed by atoms with Crippen molar-refractivity contribution in [2.24, 2.45) is 0 Å². The number of hydrogen-bond donors (Lipinski definition) is 1. The maximum Gasteiger partial charge on any atom is 0.305 e. The van der Waals surface area contributed by atoms with E-state index in [9.17, 15) is 4.79 Å². The van der Waals surface area contributed by atoms with Gasteiger partial charge in [-0.25, -0.2) is 0 Å². The predicted octanol–water partition coefficient (Wildman–Crippen LogP) is 2.77. The molecule has 0 aliphatic carbocycles. The number of ether oxygens (including phenoxy) is 1. The topological polar surface area (TPSA) is 38.3 Å². The molecule has 0 atom stereocenters. The average Bonchev–Trinajstić information content (AvgIpc) is 2.35. The van der Waals surface area contributed by atoms with Crippen molar-refractivity contribution >= 4 is 23.4 Å². The highest BCUT2D eigenvalue weighted by Gasteiger charge is 1.99. The molecule has 1 N–H and O–H groups in total. The van der Waals surface area contributed by atoms with Gasteiger partial charge in [-0.1, -0.05) is 0 Å². The fourth-order valence-corrected chi connectivity index (χ4v) is 1.68. The highest BCUT2D eigenvalue weighted by atomic mass is 32.2. The molecule has 0 aliphatic heterocycles. The fraction of sp³-hybridized carbons (Fsp3) is 0.417. The fourth-order valence-electron chi connectivity index (χ4n) is 1.28. The first kappa shape index (κ1) is 12.9. The van der Waals surface area contributed by atoms with Gasteiger partial charge in [0.1, 0.15) is 0 Å². The van der Waals surface area contributed by atoms with Crippen molar-refractivity contribution in [3.05, 3.63) is 24.3 Å². The van der Waals surface area contributed by atoms with Crippen LogP contribution in [0.4, 0.5) is 5.69 Å². The molecule has 0 bridgehead atoms. The molecule has 0 amide bonds. The SMILES string of the molecule is COC(=O)CCCNc1ccc(SC)cc1. The Balaban J connectivity index is 2.24. The summed E-state index contributed by atoms with van der Waals surface area (Å²) in [6, 6.07) is 8.24. The van der Waals surface area contributed by atoms with Gasteiger partial charge in [0, 0.05) is 23.5 Å². The molecule has 0 saturated carbocycles. The minimum Gasteiger partial charge on any atom is -0.469 e. The molecule has 3 nitrogen and oxygen atoms in total. The van der Waals surface area contributed by atoms with E-state index in [1.54, 1.807) is 11.8 Å². The standard InChI is InChI=1S/C12H17NO2S/c1-15-12(14)4-3-9-13-10-5-7-11(16-2)8-6-10/h5-8,13H,3-4,9H2,1-2H3. The molecule has 0 fully saturated rings. The number of benzene rings is 1. The van der Waals surface area contributed by atoms with E-state index in [0.29, 0.717) is 6.42 Å². The van der Waals surface area contributed by atoms with Gasteiger partial charge >= 0.3 is 5.97 Å². The number of anilines is 1. The third-order valence-electron chi connectivity index (χ3n) is 2.20. The summed E-state index contributed by atoms with van der Waals surface area (Å²) in [7, 11) is 1.41. The molecule has 16 heavy (non-hydrogen) atoms. The Kier molecular flexibility index (Phi) is 5.78. The zero-order valence-corrected chi connectivity index (χ0v) is 10.5. The van der Waals surface area contributed by atoms with Crippen molar-refractivity contribution in [1.29, 1.82) is 0 Å². The van der Waals surface area contributed by atoms with Crippen LogP contribution in [0, 0.1) is 0 Å². The molecule has 0 radical (unpaired) electrons. The molecule has 0 spiro atoms. The van der Waals surface area contributed by atoms with E-state index in [2.05, 4.69) is 28.4 Å². The van der Waals surface area contributed by atoms with Crippen molar-refractivity contribution in [3.63, 3.8) is 0 Å². The first-order chi connectivity index (χ1) is 7.76. The van der Waals surface area contributed by atoms with Crippen LogP contribution >= 0.6 is 11.8 Å². The summed E-state index contributed by atoms with van der Waals surface area (Å²) >= 11 is 1.72. The summed E-state index contributed by atoms with van der Waals surface area (Å²) in [5, 5.41) is 3.26. The van der Waals surface area contributed by atoms with E-state index in [-0.39, 0.29) is 5.97 Å². The van der Waals surface area contributed by atoms with E-state index >= 15 is 0 Å². The molecule has 0 heterocycles. The lowest BCUT2D eigenvalue weighted by atomic mass is 10.3. The third-order valence-corrected chi connectivity index (χ3v) is 2.95. The van der Waals surface area contributed by atoms with Crippen molar-refractivity contribution in [2.75, 3.05) is 25.2 Å². The Labute approximate surface area is 101 Å². The van der Waals surface area contributed by atoms with Crippen LogP contribution in [0.15, 0.2) is 29.2 Å². The van der Waals surface area contributed by atoms with Crippen LogP contribution in [0.5, 0.6) is 0 Å². The maximum absolute atomic E-state index is 10.9. The summed E-state index contributed by atoms with van der Waals surface area (Å²) in [5.41, 5.74) is 1.09. The van der Waals surface area contributed by atoms with Gasteiger partial charge < -0.3 is 10.1 Å². The molecule has 0 aliphatic rings. The van der Waals surface area contributed by atoms with Crippen molar-refractivity contribution in [1.82, 2.24) is 0 Å². The Bertz CT molecular complexity index is 324. The summed E-state index contributed by atoms with van der Waals surface area (Å²) < 4.78 is 4.56. The predicted molar refractivity (Wildman–Crippen MR) is 68.0 cm³/mol. The summed E-state index contributed by atoms with van der Waals surface area (Å²) in [6.07, 6.45) is 3.31. The largest absolute Gasteiger partial charge is 0.469 e. The molecule has 1 aromatic carbocycles. The molecule has 1 aromatic rings. The van der Waals surface area contributed by atoms with E-state index in [4.69, 9.17) is 0 Å². The van der Waals surface area contributed by atoms with Gasteiger partial charge in [0.25, 0.3) is 0 Å². The zero-order chi connectivity index (χ0) is 11.8. The average molecular weight is 239 g/mol. The second-order valence-corrected chi connectivity index (χ2v) is 4.21. The van der Waals surface area contributed by atoms with Crippen LogP contribution in [-0.2, 0) is 9.53 Å². The lowest BCUT2D eigenvalue weighted by molar-refractivity contribution is -0.140. The number of carbonyl (C=O) groups is 1. The Hall–Kier alpha value is -1.16. The van der Waals surface area contributed by atoms with Gasteiger partial charge in [-0.2, -0.15) is 0 Å². The lowest BCUT2D eigenvalue weighted by Crippen LogP contribution is -2.06. The van der Waals surface area contributed by atoms with Crippen LogP contribution < -0.4 is 5.32 Å². The van der Waals surface area contributed by atoms with Crippen LogP contribution in [0.3, 0.4) is 0 Å². The number of methoxy groups -OCH3 is 1. The molecule has 0 aromatic heterocycles. The number of esters is 1. The number of nitrogens with one attached hydrogen (secondary N) is 1. The first-order valence-corrected chi connectivity index (χ1v) is 6.43. The quantitative estimate of drug-likeness (QED) is 0.470. The second-order valence-electron chi connectivity index (χ2n) is 3.33. The number of thioether (sulfide) groups is 1. The molecule has 0 unspecified atom stereocenters. The number of rotatable bonds is 6.